The quantitative estimate of drug-likeness (QED) is 0.778. The molecule has 1 atom stereocenters. The van der Waals surface area contributed by atoms with E-state index in [1.807, 2.05) is 13.8 Å². The number of carbonyl (C=O) groups is 1. The highest BCUT2D eigenvalue weighted by molar-refractivity contribution is 5.84. The highest BCUT2D eigenvalue weighted by atomic mass is 16.5. The normalized spacial score (nSPS) is 22.1. The van der Waals surface area contributed by atoms with Gasteiger partial charge in [0.2, 0.25) is 0 Å². The third kappa shape index (κ3) is 3.20. The van der Waals surface area contributed by atoms with Crippen molar-refractivity contribution in [1.29, 1.82) is 0 Å². The summed E-state index contributed by atoms with van der Waals surface area (Å²) in [7, 11) is 1.60. The molecule has 1 aliphatic rings. The Morgan fingerprint density at radius 1 is 1.40 bits per heavy atom. The number of hydrogen-bond acceptors (Lipinski definition) is 2. The van der Waals surface area contributed by atoms with Crippen molar-refractivity contribution in [3.8, 4) is 0 Å². The molecule has 0 aromatic rings. The van der Waals surface area contributed by atoms with Crippen LogP contribution >= 0.6 is 0 Å². The molecule has 1 saturated carbocycles. The summed E-state index contributed by atoms with van der Waals surface area (Å²) in [6.07, 6.45) is 6.73. The van der Waals surface area contributed by atoms with Crippen LogP contribution in [0.5, 0.6) is 0 Å². The lowest BCUT2D eigenvalue weighted by Crippen LogP contribution is -2.49. The minimum absolute atomic E-state index is 0.0411. The predicted octanol–water partition coefficient (Wildman–Crippen LogP) is 2.25. The molecule has 0 aliphatic heterocycles. The molecule has 3 heteroatoms. The number of amides is 1. The van der Waals surface area contributed by atoms with E-state index in [1.54, 1.807) is 7.11 Å². The SMILES string of the molecule is CCC(C)(OC)C(=O)NC1CCCCC1. The lowest BCUT2D eigenvalue weighted by molar-refractivity contribution is -0.142. The van der Waals surface area contributed by atoms with Crippen molar-refractivity contribution in [2.45, 2.75) is 64.0 Å². The average molecular weight is 213 g/mol. The minimum Gasteiger partial charge on any atom is -0.369 e. The molecule has 0 heterocycles. The molecule has 3 nitrogen and oxygen atoms in total. The monoisotopic (exact) mass is 213 g/mol. The number of rotatable bonds is 4. The average Bonchev–Trinajstić information content (AvgIpc) is 2.29. The standard InChI is InChI=1S/C12H23NO2/c1-4-12(2,15-3)11(14)13-10-8-6-5-7-9-10/h10H,4-9H2,1-3H3,(H,13,14). The zero-order valence-corrected chi connectivity index (χ0v) is 10.1. The van der Waals surface area contributed by atoms with E-state index in [2.05, 4.69) is 5.32 Å². The van der Waals surface area contributed by atoms with Gasteiger partial charge in [0.05, 0.1) is 0 Å². The zero-order valence-electron chi connectivity index (χ0n) is 10.1. The van der Waals surface area contributed by atoms with Gasteiger partial charge in [0.25, 0.3) is 5.91 Å². The van der Waals surface area contributed by atoms with Crippen LogP contribution in [0.3, 0.4) is 0 Å². The molecule has 0 aromatic heterocycles. The third-order valence-electron chi connectivity index (χ3n) is 3.55. The maximum atomic E-state index is 12.0. The first-order valence-corrected chi connectivity index (χ1v) is 5.98. The maximum absolute atomic E-state index is 12.0. The van der Waals surface area contributed by atoms with Gasteiger partial charge >= 0.3 is 0 Å². The molecule has 1 N–H and O–H groups in total. The first kappa shape index (κ1) is 12.5. The van der Waals surface area contributed by atoms with Crippen LogP contribution in [0.4, 0.5) is 0 Å². The topological polar surface area (TPSA) is 38.3 Å². The van der Waals surface area contributed by atoms with E-state index in [0.717, 1.165) is 12.8 Å². The van der Waals surface area contributed by atoms with Crippen molar-refractivity contribution in [2.75, 3.05) is 7.11 Å². The van der Waals surface area contributed by atoms with Crippen LogP contribution in [-0.2, 0) is 9.53 Å². The van der Waals surface area contributed by atoms with Gasteiger partial charge in [0.15, 0.2) is 0 Å². The number of carbonyl (C=O) groups excluding carboxylic acids is 1. The van der Waals surface area contributed by atoms with Gasteiger partial charge < -0.3 is 10.1 Å². The summed E-state index contributed by atoms with van der Waals surface area (Å²) in [5.74, 6) is 0.0411. The first-order valence-electron chi connectivity index (χ1n) is 5.98. The van der Waals surface area contributed by atoms with Crippen molar-refractivity contribution in [2.24, 2.45) is 0 Å². The highest BCUT2D eigenvalue weighted by Crippen LogP contribution is 2.20. The van der Waals surface area contributed by atoms with Crippen molar-refractivity contribution >= 4 is 5.91 Å². The Kier molecular flexibility index (Phi) is 4.58. The summed E-state index contributed by atoms with van der Waals surface area (Å²) in [5, 5.41) is 3.10. The van der Waals surface area contributed by atoms with E-state index in [9.17, 15) is 4.79 Å². The number of methoxy groups -OCH3 is 1. The van der Waals surface area contributed by atoms with E-state index in [1.165, 1.54) is 19.3 Å². The minimum atomic E-state index is -0.655. The summed E-state index contributed by atoms with van der Waals surface area (Å²) in [6, 6.07) is 0.368. The van der Waals surface area contributed by atoms with Crippen LogP contribution in [0.25, 0.3) is 0 Å². The fourth-order valence-electron chi connectivity index (χ4n) is 1.98. The second-order valence-corrected chi connectivity index (χ2v) is 4.60. The van der Waals surface area contributed by atoms with E-state index in [4.69, 9.17) is 4.74 Å². The third-order valence-corrected chi connectivity index (χ3v) is 3.55. The molecule has 0 radical (unpaired) electrons. The molecule has 0 saturated heterocycles. The highest BCUT2D eigenvalue weighted by Gasteiger charge is 2.32. The predicted molar refractivity (Wildman–Crippen MR) is 60.7 cm³/mol. The van der Waals surface area contributed by atoms with Gasteiger partial charge in [-0.15, -0.1) is 0 Å². The van der Waals surface area contributed by atoms with E-state index >= 15 is 0 Å². The molecule has 1 rings (SSSR count). The van der Waals surface area contributed by atoms with Crippen molar-refractivity contribution < 1.29 is 9.53 Å². The van der Waals surface area contributed by atoms with Crippen molar-refractivity contribution in [3.63, 3.8) is 0 Å². The van der Waals surface area contributed by atoms with Gasteiger partial charge in [-0.3, -0.25) is 4.79 Å². The molecule has 0 aromatic carbocycles. The Morgan fingerprint density at radius 3 is 2.47 bits per heavy atom. The molecule has 1 fully saturated rings. The molecule has 0 bridgehead atoms. The van der Waals surface area contributed by atoms with Crippen LogP contribution in [0.2, 0.25) is 0 Å². The first-order chi connectivity index (χ1) is 7.12. The van der Waals surface area contributed by atoms with Gasteiger partial charge in [0, 0.05) is 13.2 Å². The van der Waals surface area contributed by atoms with Gasteiger partial charge in [-0.05, 0) is 26.2 Å². The molecule has 1 amide bonds. The van der Waals surface area contributed by atoms with Crippen LogP contribution in [0, 0.1) is 0 Å². The molecule has 0 spiro atoms. The van der Waals surface area contributed by atoms with Crippen LogP contribution in [0.15, 0.2) is 0 Å². The fourth-order valence-corrected chi connectivity index (χ4v) is 1.98. The van der Waals surface area contributed by atoms with Gasteiger partial charge in [-0.2, -0.15) is 0 Å². The lowest BCUT2D eigenvalue weighted by atomic mass is 9.94. The summed E-state index contributed by atoms with van der Waals surface area (Å²) >= 11 is 0. The molecule has 15 heavy (non-hydrogen) atoms. The van der Waals surface area contributed by atoms with E-state index < -0.39 is 5.60 Å². The van der Waals surface area contributed by atoms with Crippen LogP contribution in [0.1, 0.15) is 52.4 Å². The van der Waals surface area contributed by atoms with E-state index in [-0.39, 0.29) is 5.91 Å². The smallest absolute Gasteiger partial charge is 0.252 e. The summed E-state index contributed by atoms with van der Waals surface area (Å²) in [4.78, 5) is 12.0. The Labute approximate surface area is 92.6 Å². The molecule has 1 unspecified atom stereocenters. The Morgan fingerprint density at radius 2 is 2.00 bits per heavy atom. The summed E-state index contributed by atoms with van der Waals surface area (Å²) in [5.41, 5.74) is -0.655. The molecule has 1 aliphatic carbocycles. The largest absolute Gasteiger partial charge is 0.369 e. The number of hydrogen-bond donors (Lipinski definition) is 1. The Hall–Kier alpha value is -0.570. The van der Waals surface area contributed by atoms with Crippen molar-refractivity contribution in [1.82, 2.24) is 5.32 Å². The fraction of sp³-hybridized carbons (Fsp3) is 0.917. The van der Waals surface area contributed by atoms with E-state index in [0.29, 0.717) is 12.5 Å². The van der Waals surface area contributed by atoms with Gasteiger partial charge in [-0.25, -0.2) is 0 Å². The number of nitrogens with one attached hydrogen (secondary N) is 1. The van der Waals surface area contributed by atoms with Crippen molar-refractivity contribution in [3.05, 3.63) is 0 Å². The van der Waals surface area contributed by atoms with Crippen LogP contribution in [-0.4, -0.2) is 24.7 Å². The molecule has 88 valence electrons. The second-order valence-electron chi connectivity index (χ2n) is 4.60. The Bertz CT molecular complexity index is 206. The lowest BCUT2D eigenvalue weighted by Gasteiger charge is -2.30. The summed E-state index contributed by atoms with van der Waals surface area (Å²) in [6.45, 7) is 3.83. The maximum Gasteiger partial charge on any atom is 0.252 e. The van der Waals surface area contributed by atoms with Crippen LogP contribution < -0.4 is 5.32 Å². The Balaban J connectivity index is 2.45. The molecular formula is C12H23NO2. The number of ether oxygens (including phenoxy) is 1. The summed E-state index contributed by atoms with van der Waals surface area (Å²) < 4.78 is 5.28. The van der Waals surface area contributed by atoms with Gasteiger partial charge in [-0.1, -0.05) is 26.2 Å². The molecular weight excluding hydrogens is 190 g/mol. The van der Waals surface area contributed by atoms with Gasteiger partial charge in [0.1, 0.15) is 5.60 Å². The zero-order chi connectivity index (χ0) is 11.3. The second kappa shape index (κ2) is 5.50.